The van der Waals surface area contributed by atoms with E-state index in [1.165, 1.54) is 0 Å². The molecule has 3 N–H and O–H groups in total. The van der Waals surface area contributed by atoms with E-state index in [1.54, 1.807) is 67.6 Å². The minimum Gasteiger partial charge on any atom is -0.446 e. The number of imide groups is 1. The van der Waals surface area contributed by atoms with Crippen molar-refractivity contribution in [1.82, 2.24) is 16.0 Å². The Balaban J connectivity index is 2.01. The van der Waals surface area contributed by atoms with Crippen LogP contribution in [0.5, 0.6) is 0 Å². The summed E-state index contributed by atoms with van der Waals surface area (Å²) in [6.45, 7) is 1.61. The van der Waals surface area contributed by atoms with E-state index in [0.717, 1.165) is 0 Å². The summed E-state index contributed by atoms with van der Waals surface area (Å²) in [5.74, 6) is -2.05. The average molecular weight is 383 g/mol. The van der Waals surface area contributed by atoms with Gasteiger partial charge in [0.05, 0.1) is 0 Å². The van der Waals surface area contributed by atoms with Gasteiger partial charge in [0.1, 0.15) is 6.54 Å². The first-order valence-electron chi connectivity index (χ1n) is 8.67. The van der Waals surface area contributed by atoms with Crippen LogP contribution in [-0.4, -0.2) is 36.9 Å². The third-order valence-electron chi connectivity index (χ3n) is 3.59. The molecule has 0 aromatic heterocycles. The number of ether oxygens (including phenoxy) is 1. The van der Waals surface area contributed by atoms with Gasteiger partial charge in [0.15, 0.2) is 0 Å². The first-order valence-corrected chi connectivity index (χ1v) is 8.67. The third kappa shape index (κ3) is 6.24. The van der Waals surface area contributed by atoms with Crippen molar-refractivity contribution < 1.29 is 23.9 Å². The molecule has 0 aliphatic rings. The van der Waals surface area contributed by atoms with Crippen LogP contribution >= 0.6 is 0 Å². The van der Waals surface area contributed by atoms with Gasteiger partial charge >= 0.3 is 12.0 Å². The largest absolute Gasteiger partial charge is 0.446 e. The van der Waals surface area contributed by atoms with E-state index in [2.05, 4.69) is 16.0 Å². The van der Waals surface area contributed by atoms with Crippen molar-refractivity contribution in [3.8, 4) is 0 Å². The van der Waals surface area contributed by atoms with Crippen molar-refractivity contribution in [2.45, 2.75) is 13.0 Å². The van der Waals surface area contributed by atoms with Gasteiger partial charge in [0.25, 0.3) is 11.8 Å². The van der Waals surface area contributed by atoms with Crippen LogP contribution in [0.2, 0.25) is 0 Å². The van der Waals surface area contributed by atoms with E-state index < -0.39 is 36.5 Å². The van der Waals surface area contributed by atoms with Gasteiger partial charge in [-0.25, -0.2) is 4.79 Å². The van der Waals surface area contributed by atoms with Gasteiger partial charge in [-0.05, 0) is 19.1 Å². The number of nitrogens with one attached hydrogen (secondary N) is 3. The number of urea groups is 1. The first-order chi connectivity index (χ1) is 13.5. The number of esters is 1. The number of benzene rings is 2. The van der Waals surface area contributed by atoms with E-state index in [9.17, 15) is 19.2 Å². The second-order valence-electron chi connectivity index (χ2n) is 5.68. The molecule has 0 fully saturated rings. The predicted octanol–water partition coefficient (Wildman–Crippen LogP) is 1.55. The Hall–Kier alpha value is -3.68. The minimum atomic E-state index is -1.33. The number of carbonyl (C=O) groups excluding carboxylic acids is 4. The van der Waals surface area contributed by atoms with Crippen LogP contribution in [0, 0.1) is 0 Å². The molecule has 28 heavy (non-hydrogen) atoms. The lowest BCUT2D eigenvalue weighted by molar-refractivity contribution is -0.155. The lowest BCUT2D eigenvalue weighted by atomic mass is 10.1. The normalized spacial score (nSPS) is 11.0. The maximum atomic E-state index is 12.4. The fraction of sp³-hybridized carbons (Fsp3) is 0.200. The Morgan fingerprint density at radius 2 is 1.50 bits per heavy atom. The Bertz CT molecular complexity index is 824. The van der Waals surface area contributed by atoms with Crippen molar-refractivity contribution >= 4 is 23.8 Å². The van der Waals surface area contributed by atoms with Crippen molar-refractivity contribution in [3.63, 3.8) is 0 Å². The molecule has 2 aromatic carbocycles. The molecule has 0 radical (unpaired) electrons. The molecule has 2 aromatic rings. The summed E-state index contributed by atoms with van der Waals surface area (Å²) >= 11 is 0. The minimum absolute atomic E-state index is 0.334. The maximum absolute atomic E-state index is 12.4. The van der Waals surface area contributed by atoms with Crippen LogP contribution in [0.15, 0.2) is 60.7 Å². The van der Waals surface area contributed by atoms with E-state index in [1.807, 2.05) is 0 Å². The molecule has 0 spiro atoms. The number of carbonyl (C=O) groups is 4. The number of hydrogen-bond acceptors (Lipinski definition) is 5. The van der Waals surface area contributed by atoms with E-state index in [4.69, 9.17) is 4.74 Å². The monoisotopic (exact) mass is 383 g/mol. The number of amides is 4. The zero-order valence-corrected chi connectivity index (χ0v) is 15.3. The highest BCUT2D eigenvalue weighted by molar-refractivity contribution is 5.98. The van der Waals surface area contributed by atoms with E-state index >= 15 is 0 Å². The van der Waals surface area contributed by atoms with Crippen LogP contribution in [-0.2, 0) is 14.3 Å². The van der Waals surface area contributed by atoms with Gasteiger partial charge in [-0.1, -0.05) is 48.5 Å². The lowest BCUT2D eigenvalue weighted by Crippen LogP contribution is -2.43. The Morgan fingerprint density at radius 3 is 2.11 bits per heavy atom. The molecule has 0 aliphatic carbocycles. The topological polar surface area (TPSA) is 114 Å². The molecule has 0 saturated heterocycles. The quantitative estimate of drug-likeness (QED) is 0.628. The molecule has 2 rings (SSSR count). The smallest absolute Gasteiger partial charge is 0.326 e. The summed E-state index contributed by atoms with van der Waals surface area (Å²) in [5, 5.41) is 6.98. The van der Waals surface area contributed by atoms with Crippen molar-refractivity contribution in [2.24, 2.45) is 0 Å². The summed E-state index contributed by atoms with van der Waals surface area (Å²) in [4.78, 5) is 48.2. The van der Waals surface area contributed by atoms with Crippen molar-refractivity contribution in [1.29, 1.82) is 0 Å². The second-order valence-corrected chi connectivity index (χ2v) is 5.68. The van der Waals surface area contributed by atoms with Crippen LogP contribution in [0.25, 0.3) is 0 Å². The van der Waals surface area contributed by atoms with Crippen molar-refractivity contribution in [3.05, 3.63) is 71.8 Å². The van der Waals surface area contributed by atoms with Gasteiger partial charge in [0, 0.05) is 17.7 Å². The standard InChI is InChI=1S/C20H21N3O5/c1-2-21-20(27)23-19(26)17(14-9-5-3-6-10-14)28-16(24)13-22-18(25)15-11-7-4-8-12-15/h3-12,17H,2,13H2,1H3,(H,22,25)(H2,21,23,26,27)/t17-/m0/s1. The third-order valence-corrected chi connectivity index (χ3v) is 3.59. The molecule has 0 unspecified atom stereocenters. The van der Waals surface area contributed by atoms with Crippen molar-refractivity contribution in [2.75, 3.05) is 13.1 Å². The fourth-order valence-corrected chi connectivity index (χ4v) is 2.30. The van der Waals surface area contributed by atoms with Crippen LogP contribution in [0.4, 0.5) is 4.79 Å². The Labute approximate surface area is 162 Å². The zero-order chi connectivity index (χ0) is 20.4. The molecule has 8 heteroatoms. The highest BCUT2D eigenvalue weighted by atomic mass is 16.5. The summed E-state index contributed by atoms with van der Waals surface area (Å²) in [5.41, 5.74) is 0.788. The summed E-state index contributed by atoms with van der Waals surface area (Å²) < 4.78 is 5.22. The maximum Gasteiger partial charge on any atom is 0.326 e. The molecular weight excluding hydrogens is 362 g/mol. The first kappa shape index (κ1) is 20.6. The van der Waals surface area contributed by atoms with Gasteiger partial charge in [-0.2, -0.15) is 0 Å². The number of rotatable bonds is 7. The summed E-state index contributed by atoms with van der Waals surface area (Å²) in [6, 6.07) is 16.0. The molecule has 1 atom stereocenters. The molecule has 0 heterocycles. The van der Waals surface area contributed by atoms with Gasteiger partial charge in [-0.15, -0.1) is 0 Å². The molecule has 146 valence electrons. The highest BCUT2D eigenvalue weighted by Crippen LogP contribution is 2.17. The van der Waals surface area contributed by atoms with Gasteiger partial charge < -0.3 is 15.4 Å². The summed E-state index contributed by atoms with van der Waals surface area (Å²) in [7, 11) is 0. The van der Waals surface area contributed by atoms with Gasteiger partial charge in [-0.3, -0.25) is 19.7 Å². The lowest BCUT2D eigenvalue weighted by Gasteiger charge is -2.18. The molecule has 4 amide bonds. The Morgan fingerprint density at radius 1 is 0.893 bits per heavy atom. The zero-order valence-electron chi connectivity index (χ0n) is 15.3. The van der Waals surface area contributed by atoms with Crippen LogP contribution < -0.4 is 16.0 Å². The highest BCUT2D eigenvalue weighted by Gasteiger charge is 2.26. The molecular formula is C20H21N3O5. The average Bonchev–Trinajstić information content (AvgIpc) is 2.71. The van der Waals surface area contributed by atoms with Gasteiger partial charge in [0.2, 0.25) is 6.10 Å². The Kier molecular flexibility index (Phi) is 7.71. The van der Waals surface area contributed by atoms with E-state index in [-0.39, 0.29) is 0 Å². The molecule has 8 nitrogen and oxygen atoms in total. The van der Waals surface area contributed by atoms with Crippen LogP contribution in [0.1, 0.15) is 28.9 Å². The molecule has 0 saturated carbocycles. The second kappa shape index (κ2) is 10.5. The van der Waals surface area contributed by atoms with E-state index in [0.29, 0.717) is 17.7 Å². The fourth-order valence-electron chi connectivity index (χ4n) is 2.30. The van der Waals surface area contributed by atoms with Crippen LogP contribution in [0.3, 0.4) is 0 Å². The molecule has 0 aliphatic heterocycles. The SMILES string of the molecule is CCNC(=O)NC(=O)[C@@H](OC(=O)CNC(=O)c1ccccc1)c1ccccc1. The number of hydrogen-bond donors (Lipinski definition) is 3. The summed E-state index contributed by atoms with van der Waals surface area (Å²) in [6.07, 6.45) is -1.33. The predicted molar refractivity (Wildman–Crippen MR) is 101 cm³/mol. The molecule has 0 bridgehead atoms.